The van der Waals surface area contributed by atoms with Gasteiger partial charge >= 0.3 is 0 Å². The van der Waals surface area contributed by atoms with Crippen LogP contribution in [0.1, 0.15) is 18.4 Å². The maximum absolute atomic E-state index is 6.57. The molecule has 2 heterocycles. The summed E-state index contributed by atoms with van der Waals surface area (Å²) >= 11 is 0. The van der Waals surface area contributed by atoms with Crippen molar-refractivity contribution in [3.63, 3.8) is 0 Å². The second-order valence-corrected chi connectivity index (χ2v) is 16.5. The fraction of sp³-hybridized carbons (Fsp3) is 0.0508. The first-order valence-corrected chi connectivity index (χ1v) is 21.5. The lowest BCUT2D eigenvalue weighted by molar-refractivity contribution is 0.588. The summed E-state index contributed by atoms with van der Waals surface area (Å²) in [6, 6.07) is 74.6. The van der Waals surface area contributed by atoms with Crippen molar-refractivity contribution in [1.29, 1.82) is 0 Å². The smallest absolute Gasteiger partial charge is 0.143 e. The number of furan rings is 1. The summed E-state index contributed by atoms with van der Waals surface area (Å²) in [5.41, 5.74) is 15.0. The molecule has 0 fully saturated rings. The third-order valence-electron chi connectivity index (χ3n) is 13.0. The van der Waals surface area contributed by atoms with Crippen LogP contribution in [-0.2, 0) is 0 Å². The summed E-state index contributed by atoms with van der Waals surface area (Å²) in [4.78, 5) is 2.46. The average molecular weight is 795 g/mol. The Hall–Kier alpha value is -7.88. The summed E-state index contributed by atoms with van der Waals surface area (Å²) in [6.45, 7) is 2.38. The highest BCUT2D eigenvalue weighted by Crippen LogP contribution is 2.45. The van der Waals surface area contributed by atoms with Crippen LogP contribution < -0.4 is 4.90 Å². The van der Waals surface area contributed by atoms with Gasteiger partial charge in [0.25, 0.3) is 0 Å². The molecule has 0 saturated carbocycles. The topological polar surface area (TPSA) is 21.3 Å². The Morgan fingerprint density at radius 3 is 1.95 bits per heavy atom. The van der Waals surface area contributed by atoms with E-state index >= 15 is 0 Å². The van der Waals surface area contributed by atoms with E-state index in [1.54, 1.807) is 0 Å². The average Bonchev–Trinajstić information content (AvgIpc) is 3.89. The monoisotopic (exact) mass is 794 g/mol. The molecule has 0 spiro atoms. The van der Waals surface area contributed by atoms with Crippen LogP contribution in [0, 0.1) is 5.92 Å². The van der Waals surface area contributed by atoms with Crippen molar-refractivity contribution < 1.29 is 4.42 Å². The zero-order chi connectivity index (χ0) is 41.1. The molecule has 0 N–H and O–H groups in total. The lowest BCUT2D eigenvalue weighted by Crippen LogP contribution is -2.26. The Bertz CT molecular complexity index is 3520. The van der Waals surface area contributed by atoms with E-state index < -0.39 is 0 Å². The van der Waals surface area contributed by atoms with Gasteiger partial charge in [0.1, 0.15) is 11.2 Å². The molecule has 12 rings (SSSR count). The van der Waals surface area contributed by atoms with Crippen molar-refractivity contribution in [3.8, 4) is 27.9 Å². The molecule has 2 unspecified atom stereocenters. The van der Waals surface area contributed by atoms with Gasteiger partial charge in [-0.3, -0.25) is 0 Å². The van der Waals surface area contributed by atoms with Gasteiger partial charge in [0, 0.05) is 61.5 Å². The van der Waals surface area contributed by atoms with Gasteiger partial charge in [-0.1, -0.05) is 159 Å². The van der Waals surface area contributed by atoms with E-state index in [9.17, 15) is 0 Å². The normalized spacial score (nSPS) is 15.2. The van der Waals surface area contributed by atoms with E-state index in [1.807, 2.05) is 0 Å². The molecule has 2 atom stereocenters. The lowest BCUT2D eigenvalue weighted by atomic mass is 9.81. The van der Waals surface area contributed by atoms with Gasteiger partial charge in [-0.25, -0.2) is 0 Å². The number of nitrogens with zero attached hydrogens (tertiary/aromatic N) is 2. The van der Waals surface area contributed by atoms with E-state index in [1.165, 1.54) is 60.8 Å². The van der Waals surface area contributed by atoms with Crippen molar-refractivity contribution in [2.75, 3.05) is 4.90 Å². The van der Waals surface area contributed by atoms with E-state index in [0.717, 1.165) is 44.3 Å². The number of fused-ring (bicyclic) bond motifs is 8. The highest BCUT2D eigenvalue weighted by atomic mass is 16.3. The van der Waals surface area contributed by atoms with Crippen LogP contribution in [0.5, 0.6) is 0 Å². The van der Waals surface area contributed by atoms with Crippen LogP contribution in [-0.4, -0.2) is 4.57 Å². The van der Waals surface area contributed by atoms with Gasteiger partial charge < -0.3 is 13.9 Å². The largest absolute Gasteiger partial charge is 0.455 e. The molecule has 9 aromatic carbocycles. The van der Waals surface area contributed by atoms with Crippen LogP contribution in [0.2, 0.25) is 0 Å². The lowest BCUT2D eigenvalue weighted by Gasteiger charge is -2.36. The number of aromatic nitrogens is 1. The van der Waals surface area contributed by atoms with Crippen LogP contribution in [0.4, 0.5) is 11.4 Å². The fourth-order valence-corrected chi connectivity index (χ4v) is 9.97. The molecule has 1 aliphatic carbocycles. The Labute approximate surface area is 360 Å². The molecule has 0 bridgehead atoms. The van der Waals surface area contributed by atoms with Crippen molar-refractivity contribution >= 4 is 65.9 Å². The highest BCUT2D eigenvalue weighted by Gasteiger charge is 2.29. The van der Waals surface area contributed by atoms with Crippen molar-refractivity contribution in [1.82, 2.24) is 4.57 Å². The van der Waals surface area contributed by atoms with Gasteiger partial charge in [0.2, 0.25) is 0 Å². The van der Waals surface area contributed by atoms with Gasteiger partial charge in [0.15, 0.2) is 0 Å². The minimum absolute atomic E-state index is 0.173. The van der Waals surface area contributed by atoms with E-state index in [4.69, 9.17) is 4.42 Å². The molecule has 0 saturated heterocycles. The van der Waals surface area contributed by atoms with E-state index in [2.05, 4.69) is 241 Å². The Kier molecular flexibility index (Phi) is 8.53. The van der Waals surface area contributed by atoms with Gasteiger partial charge in [0.05, 0.1) is 11.0 Å². The molecule has 294 valence electrons. The molecule has 3 nitrogen and oxygen atoms in total. The molecule has 62 heavy (non-hydrogen) atoms. The second kappa shape index (κ2) is 14.7. The Morgan fingerprint density at radius 1 is 0.500 bits per heavy atom. The molecule has 0 amide bonds. The molecule has 2 aromatic heterocycles. The second-order valence-electron chi connectivity index (χ2n) is 16.5. The molecular formula is C59H42N2O. The van der Waals surface area contributed by atoms with Crippen molar-refractivity contribution in [2.24, 2.45) is 5.92 Å². The molecule has 11 aromatic rings. The molecule has 0 radical (unpaired) electrons. The highest BCUT2D eigenvalue weighted by molar-refractivity contribution is 6.19. The quantitative estimate of drug-likeness (QED) is 0.160. The van der Waals surface area contributed by atoms with E-state index in [0.29, 0.717) is 0 Å². The third-order valence-corrected chi connectivity index (χ3v) is 13.0. The van der Waals surface area contributed by atoms with Crippen LogP contribution >= 0.6 is 0 Å². The van der Waals surface area contributed by atoms with Gasteiger partial charge in [-0.15, -0.1) is 0 Å². The zero-order valence-electron chi connectivity index (χ0n) is 34.3. The predicted octanol–water partition coefficient (Wildman–Crippen LogP) is 16.2. The molecule has 0 aliphatic heterocycles. The minimum atomic E-state index is 0.173. The first kappa shape index (κ1) is 36.0. The van der Waals surface area contributed by atoms with Crippen LogP contribution in [0.3, 0.4) is 0 Å². The standard InChI is InChI=1S/C59H42N2O/c1-39-48(44-31-37-56-53(38-44)51-20-10-11-23-55(51)61(56)45-17-6-3-7-18-45)21-12-24-54(39)60(46-32-26-41(27-33-46)40-14-4-2-5-15-40)47-34-28-43(29-35-47)49-22-13-25-57-58(49)52-36-30-42-16-8-9-19-50(42)59(52)62-57/h2-39,48H,1H3. The summed E-state index contributed by atoms with van der Waals surface area (Å²) in [5, 5.41) is 7.15. The minimum Gasteiger partial charge on any atom is -0.455 e. The molecule has 3 heteroatoms. The fourth-order valence-electron chi connectivity index (χ4n) is 9.97. The molecule has 1 aliphatic rings. The van der Waals surface area contributed by atoms with Crippen LogP contribution in [0.15, 0.2) is 235 Å². The number of anilines is 2. The van der Waals surface area contributed by atoms with Crippen LogP contribution in [0.25, 0.3) is 82.5 Å². The summed E-state index contributed by atoms with van der Waals surface area (Å²) in [5.74, 6) is 0.348. The number of benzene rings is 9. The maximum Gasteiger partial charge on any atom is 0.143 e. The summed E-state index contributed by atoms with van der Waals surface area (Å²) in [7, 11) is 0. The van der Waals surface area contributed by atoms with Crippen molar-refractivity contribution in [2.45, 2.75) is 12.8 Å². The summed E-state index contributed by atoms with van der Waals surface area (Å²) < 4.78 is 8.96. The zero-order valence-corrected chi connectivity index (χ0v) is 34.3. The Morgan fingerprint density at radius 2 is 1.16 bits per heavy atom. The number of para-hydroxylation sites is 2. The van der Waals surface area contributed by atoms with Gasteiger partial charge in [-0.2, -0.15) is 0 Å². The predicted molar refractivity (Wildman–Crippen MR) is 261 cm³/mol. The maximum atomic E-state index is 6.57. The number of hydrogen-bond donors (Lipinski definition) is 0. The van der Waals surface area contributed by atoms with Crippen molar-refractivity contribution in [3.05, 3.63) is 236 Å². The summed E-state index contributed by atoms with van der Waals surface area (Å²) in [6.07, 6.45) is 6.94. The number of hydrogen-bond acceptors (Lipinski definition) is 2. The molecular weight excluding hydrogens is 753 g/mol. The van der Waals surface area contributed by atoms with E-state index in [-0.39, 0.29) is 11.8 Å². The number of allylic oxidation sites excluding steroid dienone is 4. The SMILES string of the molecule is CC1C(N(c2ccc(-c3ccccc3)cc2)c2ccc(-c3cccc4oc5c6ccccc6ccc5c34)cc2)=CC=CC1c1ccc2c(c1)c1ccccc1n2-c1ccccc1. The first-order valence-electron chi connectivity index (χ1n) is 21.5. The first-order chi connectivity index (χ1) is 30.7. The number of rotatable bonds is 7. The van der Waals surface area contributed by atoms with Gasteiger partial charge in [-0.05, 0) is 106 Å². The third kappa shape index (κ3) is 5.89. The Balaban J connectivity index is 0.947.